The van der Waals surface area contributed by atoms with Crippen LogP contribution in [0.1, 0.15) is 5.56 Å². The number of pyridine rings is 1. The number of nitrogens with one attached hydrogen (secondary N) is 1. The molecule has 0 saturated heterocycles. The number of aromatic nitrogens is 1. The maximum absolute atomic E-state index is 12.4. The van der Waals surface area contributed by atoms with Gasteiger partial charge in [0, 0.05) is 29.5 Å². The van der Waals surface area contributed by atoms with Gasteiger partial charge in [-0.05, 0) is 35.5 Å². The highest BCUT2D eigenvalue weighted by Crippen LogP contribution is 2.40. The molecular weight excluding hydrogens is 273 g/mol. The number of rotatable bonds is 4. The molecule has 0 unspecified atom stereocenters. The number of benzene rings is 1. The largest absolute Gasteiger partial charge is 0.446 e. The third-order valence-corrected chi connectivity index (χ3v) is 3.13. The van der Waals surface area contributed by atoms with E-state index in [4.69, 9.17) is 0 Å². The molecule has 1 aromatic heterocycles. The first kappa shape index (κ1) is 13.7. The lowest BCUT2D eigenvalue weighted by atomic mass is 10.2. The molecule has 0 saturated carbocycles. The molecule has 1 N–H and O–H groups in total. The van der Waals surface area contributed by atoms with Crippen LogP contribution in [0, 0.1) is 0 Å². The van der Waals surface area contributed by atoms with Crippen LogP contribution in [0.5, 0.6) is 0 Å². The van der Waals surface area contributed by atoms with Gasteiger partial charge in [0.15, 0.2) is 0 Å². The topological polar surface area (TPSA) is 24.9 Å². The van der Waals surface area contributed by atoms with Crippen LogP contribution in [-0.2, 0) is 6.54 Å². The first-order valence-corrected chi connectivity index (χ1v) is 6.34. The van der Waals surface area contributed by atoms with E-state index in [0.29, 0.717) is 12.2 Å². The molecule has 0 bridgehead atoms. The predicted octanol–water partition coefficient (Wildman–Crippen LogP) is 4.31. The Kier molecular flexibility index (Phi) is 4.31. The lowest BCUT2D eigenvalue weighted by molar-refractivity contribution is -0.0327. The minimum absolute atomic E-state index is 0.116. The number of anilines is 1. The van der Waals surface area contributed by atoms with E-state index in [0.717, 1.165) is 5.56 Å². The number of hydrogen-bond donors (Lipinski definition) is 1. The summed E-state index contributed by atoms with van der Waals surface area (Å²) < 4.78 is 37.2. The average molecular weight is 284 g/mol. The zero-order chi connectivity index (χ0) is 13.7. The first-order valence-electron chi connectivity index (χ1n) is 5.52. The fourth-order valence-electron chi connectivity index (χ4n) is 1.53. The van der Waals surface area contributed by atoms with Gasteiger partial charge in [-0.1, -0.05) is 18.2 Å². The molecule has 0 aliphatic rings. The van der Waals surface area contributed by atoms with E-state index in [9.17, 15) is 13.2 Å². The molecular formula is C13H11F3N2S. The first-order chi connectivity index (χ1) is 9.04. The summed E-state index contributed by atoms with van der Waals surface area (Å²) >= 11 is -0.116. The molecule has 0 amide bonds. The fourth-order valence-corrected chi connectivity index (χ4v) is 2.17. The summed E-state index contributed by atoms with van der Waals surface area (Å²) in [6.45, 7) is 0.434. The highest BCUT2D eigenvalue weighted by molar-refractivity contribution is 8.00. The van der Waals surface area contributed by atoms with Crippen molar-refractivity contribution in [1.29, 1.82) is 0 Å². The predicted molar refractivity (Wildman–Crippen MR) is 69.9 cm³/mol. The highest BCUT2D eigenvalue weighted by Gasteiger charge is 2.30. The van der Waals surface area contributed by atoms with Crippen molar-refractivity contribution in [2.75, 3.05) is 5.32 Å². The molecule has 100 valence electrons. The molecule has 2 nitrogen and oxygen atoms in total. The number of thioether (sulfide) groups is 1. The summed E-state index contributed by atoms with van der Waals surface area (Å²) in [4.78, 5) is 4.12. The van der Waals surface area contributed by atoms with Crippen molar-refractivity contribution < 1.29 is 13.2 Å². The number of hydrogen-bond acceptors (Lipinski definition) is 3. The minimum Gasteiger partial charge on any atom is -0.380 e. The van der Waals surface area contributed by atoms with Gasteiger partial charge < -0.3 is 5.32 Å². The Bertz CT molecular complexity index is 529. The Morgan fingerprint density at radius 3 is 2.58 bits per heavy atom. The van der Waals surface area contributed by atoms with E-state index >= 15 is 0 Å². The molecule has 1 aromatic carbocycles. The van der Waals surface area contributed by atoms with Crippen LogP contribution in [0.25, 0.3) is 0 Å². The monoisotopic (exact) mass is 284 g/mol. The second-order valence-corrected chi connectivity index (χ2v) is 4.87. The lowest BCUT2D eigenvalue weighted by Gasteiger charge is -2.12. The Morgan fingerprint density at radius 1 is 1.11 bits per heavy atom. The summed E-state index contributed by atoms with van der Waals surface area (Å²) in [7, 11) is 0. The third-order valence-electron chi connectivity index (χ3n) is 2.32. The Balaban J connectivity index is 2.08. The Morgan fingerprint density at radius 2 is 1.89 bits per heavy atom. The zero-order valence-electron chi connectivity index (χ0n) is 9.82. The molecule has 1 heterocycles. The van der Waals surface area contributed by atoms with Crippen LogP contribution in [-0.4, -0.2) is 10.5 Å². The van der Waals surface area contributed by atoms with E-state index in [1.807, 2.05) is 6.07 Å². The van der Waals surface area contributed by atoms with Gasteiger partial charge in [-0.25, -0.2) is 0 Å². The smallest absolute Gasteiger partial charge is 0.380 e. The molecule has 0 fully saturated rings. The van der Waals surface area contributed by atoms with Crippen molar-refractivity contribution in [3.05, 3.63) is 54.4 Å². The summed E-state index contributed by atoms with van der Waals surface area (Å²) in [5, 5.41) is 2.99. The average Bonchev–Trinajstić information content (AvgIpc) is 2.37. The molecule has 2 aromatic rings. The summed E-state index contributed by atoms with van der Waals surface area (Å²) in [6.07, 6.45) is 3.32. The highest BCUT2D eigenvalue weighted by atomic mass is 32.2. The van der Waals surface area contributed by atoms with E-state index < -0.39 is 5.51 Å². The Hall–Kier alpha value is -1.69. The van der Waals surface area contributed by atoms with E-state index in [1.165, 1.54) is 6.07 Å². The normalized spacial score (nSPS) is 11.3. The van der Waals surface area contributed by atoms with Crippen molar-refractivity contribution in [2.45, 2.75) is 16.9 Å². The van der Waals surface area contributed by atoms with E-state index in [1.54, 1.807) is 36.7 Å². The van der Waals surface area contributed by atoms with Gasteiger partial charge in [-0.2, -0.15) is 13.2 Å². The van der Waals surface area contributed by atoms with Crippen LogP contribution in [0.2, 0.25) is 0 Å². The van der Waals surface area contributed by atoms with Crippen molar-refractivity contribution >= 4 is 17.4 Å². The minimum atomic E-state index is -4.29. The molecule has 6 heteroatoms. The van der Waals surface area contributed by atoms with Gasteiger partial charge >= 0.3 is 5.51 Å². The quantitative estimate of drug-likeness (QED) is 0.847. The Labute approximate surface area is 113 Å². The van der Waals surface area contributed by atoms with Gasteiger partial charge in [0.05, 0.1) is 0 Å². The maximum atomic E-state index is 12.4. The van der Waals surface area contributed by atoms with Gasteiger partial charge in [0.2, 0.25) is 0 Å². The third kappa shape index (κ3) is 4.48. The zero-order valence-corrected chi connectivity index (χ0v) is 10.6. The van der Waals surface area contributed by atoms with Crippen molar-refractivity contribution in [1.82, 2.24) is 4.98 Å². The van der Waals surface area contributed by atoms with Crippen molar-refractivity contribution in [3.8, 4) is 0 Å². The molecule has 2 rings (SSSR count). The fraction of sp³-hybridized carbons (Fsp3) is 0.154. The molecule has 0 aliphatic carbocycles. The number of nitrogens with zero attached hydrogens (tertiary/aromatic N) is 1. The number of alkyl halides is 3. The second kappa shape index (κ2) is 5.97. The molecule has 0 spiro atoms. The van der Waals surface area contributed by atoms with Crippen LogP contribution in [0.3, 0.4) is 0 Å². The molecule has 19 heavy (non-hydrogen) atoms. The summed E-state index contributed by atoms with van der Waals surface area (Å²) in [5.41, 5.74) is -2.91. The van der Waals surface area contributed by atoms with Gasteiger partial charge in [0.1, 0.15) is 0 Å². The van der Waals surface area contributed by atoms with Crippen molar-refractivity contribution in [2.24, 2.45) is 0 Å². The molecule has 0 radical (unpaired) electrons. The number of halogens is 3. The van der Waals surface area contributed by atoms with Gasteiger partial charge in [0.25, 0.3) is 0 Å². The molecule has 0 atom stereocenters. The SMILES string of the molecule is FC(F)(F)Sc1ccccc1NCc1cccnc1. The number of para-hydroxylation sites is 1. The maximum Gasteiger partial charge on any atom is 0.446 e. The van der Waals surface area contributed by atoms with Crippen LogP contribution >= 0.6 is 11.8 Å². The van der Waals surface area contributed by atoms with Crippen LogP contribution in [0.4, 0.5) is 18.9 Å². The van der Waals surface area contributed by atoms with Crippen LogP contribution < -0.4 is 5.32 Å². The summed E-state index contributed by atoms with van der Waals surface area (Å²) in [5.74, 6) is 0. The standard InChI is InChI=1S/C13H11F3N2S/c14-13(15,16)19-12-6-2-1-5-11(12)18-9-10-4-3-7-17-8-10/h1-8,18H,9H2. The summed E-state index contributed by atoms with van der Waals surface area (Å²) in [6, 6.07) is 10.0. The van der Waals surface area contributed by atoms with Crippen molar-refractivity contribution in [3.63, 3.8) is 0 Å². The second-order valence-electron chi connectivity index (χ2n) is 3.76. The van der Waals surface area contributed by atoms with E-state index in [2.05, 4.69) is 10.3 Å². The molecule has 0 aliphatic heterocycles. The lowest BCUT2D eigenvalue weighted by Crippen LogP contribution is -2.04. The van der Waals surface area contributed by atoms with Gasteiger partial charge in [-0.15, -0.1) is 0 Å². The van der Waals surface area contributed by atoms with Crippen LogP contribution in [0.15, 0.2) is 53.7 Å². The van der Waals surface area contributed by atoms with Gasteiger partial charge in [-0.3, -0.25) is 4.98 Å². The van der Waals surface area contributed by atoms with E-state index in [-0.39, 0.29) is 16.7 Å².